The van der Waals surface area contributed by atoms with Gasteiger partial charge in [-0.1, -0.05) is 60.7 Å². The first-order valence-electron chi connectivity index (χ1n) is 12.1. The van der Waals surface area contributed by atoms with E-state index in [1.807, 2.05) is 79.0 Å². The molecule has 5 aromatic rings. The lowest BCUT2D eigenvalue weighted by atomic mass is 10.1. The zero-order valence-corrected chi connectivity index (χ0v) is 20.7. The Bertz CT molecular complexity index is 1550. The number of carboxylic acid groups (broad SMARTS) is 1. The highest BCUT2D eigenvalue weighted by molar-refractivity contribution is 5.95. The third-order valence-corrected chi connectivity index (χ3v) is 5.83. The maximum atomic E-state index is 13.7. The van der Waals surface area contributed by atoms with E-state index in [-0.39, 0.29) is 12.3 Å². The fraction of sp³-hybridized carbons (Fsp3) is 0.207. The number of carboxylic acids is 1. The molecule has 0 aliphatic heterocycles. The Morgan fingerprint density at radius 2 is 1.62 bits per heavy atom. The van der Waals surface area contributed by atoms with Crippen molar-refractivity contribution < 1.29 is 14.6 Å². The van der Waals surface area contributed by atoms with Gasteiger partial charge in [0.1, 0.15) is 12.4 Å². The lowest BCUT2D eigenvalue weighted by Crippen LogP contribution is -2.24. The molecule has 2 aromatic heterocycles. The molecule has 0 spiro atoms. The maximum absolute atomic E-state index is 13.7. The summed E-state index contributed by atoms with van der Waals surface area (Å²) in [5.41, 5.74) is 10.5. The van der Waals surface area contributed by atoms with Gasteiger partial charge >= 0.3 is 0 Å². The van der Waals surface area contributed by atoms with E-state index in [0.29, 0.717) is 18.8 Å². The van der Waals surface area contributed by atoms with Crippen molar-refractivity contribution in [2.45, 2.75) is 33.2 Å². The number of nitrogens with two attached hydrogens (primary N) is 1. The van der Waals surface area contributed by atoms with Crippen LogP contribution >= 0.6 is 0 Å². The monoisotopic (exact) mass is 498 g/mol. The summed E-state index contributed by atoms with van der Waals surface area (Å²) in [7, 11) is 0. The van der Waals surface area contributed by atoms with E-state index in [4.69, 9.17) is 25.4 Å². The van der Waals surface area contributed by atoms with Crippen LogP contribution in [0.4, 0.5) is 0 Å². The third-order valence-electron chi connectivity index (χ3n) is 5.83. The van der Waals surface area contributed by atoms with Crippen LogP contribution < -0.4 is 11.3 Å². The van der Waals surface area contributed by atoms with Crippen molar-refractivity contribution in [2.75, 3.05) is 6.54 Å². The van der Waals surface area contributed by atoms with Crippen LogP contribution in [0.15, 0.2) is 89.9 Å². The van der Waals surface area contributed by atoms with Gasteiger partial charge in [-0.15, -0.1) is 0 Å². The largest absolute Gasteiger partial charge is 0.481 e. The number of rotatable bonds is 8. The second-order valence-corrected chi connectivity index (χ2v) is 8.56. The SMILES string of the molecule is CC(=O)O.NCCCn1cc(-c2nc3ccccc3n(COCc3ccccc3)c2=O)c2ccccc21. The molecule has 2 heterocycles. The fourth-order valence-electron chi connectivity index (χ4n) is 4.21. The minimum absolute atomic E-state index is 0.148. The van der Waals surface area contributed by atoms with Gasteiger partial charge in [0.05, 0.1) is 17.6 Å². The standard InChI is InChI=1S/C27H26N4O2.C2H4O2/c28-15-8-16-30-17-22(21-11-4-6-13-24(21)30)26-27(32)31(25-14-7-5-12-23(25)29-26)19-33-18-20-9-2-1-3-10-20;1-2(3)4/h1-7,9-14,17H,8,15-16,18-19,28H2;1H3,(H,3,4). The lowest BCUT2D eigenvalue weighted by Gasteiger charge is -2.13. The van der Waals surface area contributed by atoms with Gasteiger partial charge in [0.2, 0.25) is 0 Å². The Hall–Kier alpha value is -4.27. The van der Waals surface area contributed by atoms with Crippen molar-refractivity contribution in [1.29, 1.82) is 0 Å². The Balaban J connectivity index is 0.000000747. The number of fused-ring (bicyclic) bond motifs is 2. The van der Waals surface area contributed by atoms with Crippen molar-refractivity contribution >= 4 is 27.9 Å². The van der Waals surface area contributed by atoms with Gasteiger partial charge in [0.15, 0.2) is 0 Å². The molecule has 0 atom stereocenters. The van der Waals surface area contributed by atoms with Crippen LogP contribution in [0.5, 0.6) is 0 Å². The number of ether oxygens (including phenoxy) is 1. The zero-order chi connectivity index (χ0) is 26.2. The van der Waals surface area contributed by atoms with Crippen LogP contribution in [-0.4, -0.2) is 31.7 Å². The quantitative estimate of drug-likeness (QED) is 0.323. The molecule has 0 amide bonds. The molecule has 3 N–H and O–H groups in total. The first-order valence-corrected chi connectivity index (χ1v) is 12.1. The molecule has 0 unspecified atom stereocenters. The second-order valence-electron chi connectivity index (χ2n) is 8.56. The molecule has 0 saturated heterocycles. The summed E-state index contributed by atoms with van der Waals surface area (Å²) in [4.78, 5) is 27.5. The second kappa shape index (κ2) is 12.1. The fourth-order valence-corrected chi connectivity index (χ4v) is 4.21. The molecule has 190 valence electrons. The number of para-hydroxylation sites is 3. The van der Waals surface area contributed by atoms with E-state index >= 15 is 0 Å². The summed E-state index contributed by atoms with van der Waals surface area (Å²) in [6.45, 7) is 3.06. The number of nitrogens with zero attached hydrogens (tertiary/aromatic N) is 3. The minimum Gasteiger partial charge on any atom is -0.481 e. The Morgan fingerprint density at radius 1 is 0.973 bits per heavy atom. The van der Waals surface area contributed by atoms with Crippen molar-refractivity contribution in [3.63, 3.8) is 0 Å². The Labute approximate surface area is 214 Å². The van der Waals surface area contributed by atoms with E-state index in [9.17, 15) is 4.79 Å². The number of carbonyl (C=O) groups is 1. The van der Waals surface area contributed by atoms with Crippen LogP contribution in [0.1, 0.15) is 18.9 Å². The van der Waals surface area contributed by atoms with E-state index in [2.05, 4.69) is 10.6 Å². The molecule has 37 heavy (non-hydrogen) atoms. The van der Waals surface area contributed by atoms with Crippen LogP contribution in [0, 0.1) is 0 Å². The van der Waals surface area contributed by atoms with Crippen molar-refractivity contribution in [3.05, 3.63) is 101 Å². The number of hydrogen-bond acceptors (Lipinski definition) is 5. The normalized spacial score (nSPS) is 10.9. The summed E-state index contributed by atoms with van der Waals surface area (Å²) in [5, 5.41) is 8.42. The summed E-state index contributed by atoms with van der Waals surface area (Å²) in [5.74, 6) is -0.833. The molecular weight excluding hydrogens is 468 g/mol. The lowest BCUT2D eigenvalue weighted by molar-refractivity contribution is -0.134. The predicted molar refractivity (Wildman–Crippen MR) is 145 cm³/mol. The van der Waals surface area contributed by atoms with Gasteiger partial charge in [-0.05, 0) is 36.7 Å². The van der Waals surface area contributed by atoms with E-state index in [1.54, 1.807) is 4.57 Å². The van der Waals surface area contributed by atoms with Gasteiger partial charge in [-0.2, -0.15) is 0 Å². The topological polar surface area (TPSA) is 112 Å². The molecule has 0 radical (unpaired) electrons. The summed E-state index contributed by atoms with van der Waals surface area (Å²) >= 11 is 0. The van der Waals surface area contributed by atoms with Crippen LogP contribution in [0.25, 0.3) is 33.2 Å². The molecule has 0 fully saturated rings. The van der Waals surface area contributed by atoms with Crippen molar-refractivity contribution in [2.24, 2.45) is 5.73 Å². The predicted octanol–water partition coefficient (Wildman–Crippen LogP) is 4.63. The third kappa shape index (κ3) is 6.11. The van der Waals surface area contributed by atoms with Gasteiger partial charge in [-0.3, -0.25) is 14.2 Å². The average Bonchev–Trinajstić information content (AvgIpc) is 3.27. The Kier molecular flexibility index (Phi) is 8.45. The zero-order valence-electron chi connectivity index (χ0n) is 20.7. The van der Waals surface area contributed by atoms with E-state index < -0.39 is 5.97 Å². The molecule has 8 nitrogen and oxygen atoms in total. The highest BCUT2D eigenvalue weighted by atomic mass is 16.5. The molecule has 3 aromatic carbocycles. The van der Waals surface area contributed by atoms with Crippen LogP contribution in [0.2, 0.25) is 0 Å². The summed E-state index contributed by atoms with van der Waals surface area (Å²) < 4.78 is 9.78. The molecule has 0 bridgehead atoms. The molecular formula is C29H30N4O4. The van der Waals surface area contributed by atoms with Gasteiger partial charge in [0.25, 0.3) is 11.5 Å². The van der Waals surface area contributed by atoms with E-state index in [0.717, 1.165) is 53.0 Å². The average molecular weight is 499 g/mol. The van der Waals surface area contributed by atoms with E-state index in [1.165, 1.54) is 0 Å². The first kappa shape index (κ1) is 25.8. The highest BCUT2D eigenvalue weighted by Crippen LogP contribution is 2.29. The molecule has 0 saturated carbocycles. The number of aliphatic carboxylic acids is 1. The molecule has 5 rings (SSSR count). The Morgan fingerprint density at radius 3 is 2.35 bits per heavy atom. The minimum atomic E-state index is -0.833. The van der Waals surface area contributed by atoms with Crippen LogP contribution in [-0.2, 0) is 29.4 Å². The van der Waals surface area contributed by atoms with Crippen LogP contribution in [0.3, 0.4) is 0 Å². The number of benzene rings is 3. The highest BCUT2D eigenvalue weighted by Gasteiger charge is 2.18. The molecule has 0 aliphatic carbocycles. The molecule has 0 aliphatic rings. The number of aryl methyl sites for hydroxylation is 1. The van der Waals surface area contributed by atoms with Crippen molar-refractivity contribution in [3.8, 4) is 11.3 Å². The molecule has 8 heteroatoms. The number of hydrogen-bond donors (Lipinski definition) is 2. The van der Waals surface area contributed by atoms with Crippen molar-refractivity contribution in [1.82, 2.24) is 14.1 Å². The van der Waals surface area contributed by atoms with Gasteiger partial charge in [0, 0.05) is 36.1 Å². The van der Waals surface area contributed by atoms with Gasteiger partial charge < -0.3 is 20.1 Å². The smallest absolute Gasteiger partial charge is 0.300 e. The first-order chi connectivity index (χ1) is 18.0. The summed E-state index contributed by atoms with van der Waals surface area (Å²) in [6, 6.07) is 25.7. The number of aromatic nitrogens is 3. The summed E-state index contributed by atoms with van der Waals surface area (Å²) in [6.07, 6.45) is 2.88. The van der Waals surface area contributed by atoms with Gasteiger partial charge in [-0.25, -0.2) is 4.98 Å². The maximum Gasteiger partial charge on any atom is 0.300 e.